The minimum Gasteiger partial charge on any atom is -0.503 e. The smallest absolute Gasteiger partial charge is 0.183 e. The Bertz CT molecular complexity index is 488. The average Bonchev–Trinajstić information content (AvgIpc) is 2.54. The number of aryl methyl sites for hydroxylation is 1. The van der Waals surface area contributed by atoms with E-state index in [1.807, 2.05) is 23.9 Å². The Morgan fingerprint density at radius 1 is 1.50 bits per heavy atom. The SMILES string of the molecule is COc1cc2ccn(C)c2c(N)c1O. The fourth-order valence-electron chi connectivity index (χ4n) is 1.62. The minimum absolute atomic E-state index is 0.00167. The largest absolute Gasteiger partial charge is 0.503 e. The number of hydrogen-bond acceptors (Lipinski definition) is 3. The number of anilines is 1. The first-order chi connectivity index (χ1) is 6.65. The number of phenols is 1. The van der Waals surface area contributed by atoms with Gasteiger partial charge in [0.05, 0.1) is 12.6 Å². The molecular weight excluding hydrogens is 180 g/mol. The second-order valence-corrected chi connectivity index (χ2v) is 3.21. The van der Waals surface area contributed by atoms with Crippen LogP contribution in [0.25, 0.3) is 10.9 Å². The van der Waals surface area contributed by atoms with E-state index >= 15 is 0 Å². The molecule has 0 aliphatic rings. The first kappa shape index (κ1) is 8.74. The number of nitrogen functional groups attached to an aromatic ring is 1. The summed E-state index contributed by atoms with van der Waals surface area (Å²) in [5.74, 6) is 0.406. The molecule has 4 nitrogen and oxygen atoms in total. The molecule has 0 saturated heterocycles. The maximum absolute atomic E-state index is 9.68. The first-order valence-electron chi connectivity index (χ1n) is 4.25. The molecule has 0 bridgehead atoms. The first-order valence-corrected chi connectivity index (χ1v) is 4.25. The third-order valence-corrected chi connectivity index (χ3v) is 2.35. The summed E-state index contributed by atoms with van der Waals surface area (Å²) in [5.41, 5.74) is 6.97. The molecule has 1 heterocycles. The van der Waals surface area contributed by atoms with Gasteiger partial charge in [0.25, 0.3) is 0 Å². The van der Waals surface area contributed by atoms with Crippen molar-refractivity contribution in [1.82, 2.24) is 4.57 Å². The van der Waals surface area contributed by atoms with Crippen LogP contribution in [0.4, 0.5) is 5.69 Å². The molecule has 2 aromatic rings. The molecule has 0 spiro atoms. The number of nitrogens with two attached hydrogens (primary N) is 1. The fraction of sp³-hybridized carbons (Fsp3) is 0.200. The predicted molar refractivity (Wildman–Crippen MR) is 55.5 cm³/mol. The van der Waals surface area contributed by atoms with Crippen LogP contribution in [0.15, 0.2) is 18.3 Å². The van der Waals surface area contributed by atoms with E-state index in [2.05, 4.69) is 0 Å². The lowest BCUT2D eigenvalue weighted by Crippen LogP contribution is -1.95. The number of benzene rings is 1. The van der Waals surface area contributed by atoms with Crippen molar-refractivity contribution < 1.29 is 9.84 Å². The highest BCUT2D eigenvalue weighted by molar-refractivity contribution is 5.95. The van der Waals surface area contributed by atoms with Crippen LogP contribution in [0, 0.1) is 0 Å². The van der Waals surface area contributed by atoms with E-state index in [9.17, 15) is 5.11 Å². The van der Waals surface area contributed by atoms with Gasteiger partial charge in [-0.1, -0.05) is 0 Å². The number of methoxy groups -OCH3 is 1. The Morgan fingerprint density at radius 3 is 2.86 bits per heavy atom. The normalized spacial score (nSPS) is 10.7. The minimum atomic E-state index is 0.00167. The van der Waals surface area contributed by atoms with E-state index in [1.165, 1.54) is 7.11 Å². The van der Waals surface area contributed by atoms with Crippen LogP contribution in [0.5, 0.6) is 11.5 Å². The number of phenolic OH excluding ortho intramolecular Hbond substituents is 1. The molecular formula is C10H12N2O2. The third kappa shape index (κ3) is 1.00. The molecule has 0 saturated carbocycles. The van der Waals surface area contributed by atoms with Crippen LogP contribution in [0.1, 0.15) is 0 Å². The Labute approximate surface area is 81.5 Å². The zero-order chi connectivity index (χ0) is 10.3. The number of fused-ring (bicyclic) bond motifs is 1. The van der Waals surface area contributed by atoms with Crippen LogP contribution < -0.4 is 10.5 Å². The Balaban J connectivity index is 2.87. The van der Waals surface area contributed by atoms with Gasteiger partial charge in [-0.3, -0.25) is 0 Å². The molecule has 0 aliphatic heterocycles. The van der Waals surface area contributed by atoms with Gasteiger partial charge < -0.3 is 20.1 Å². The zero-order valence-electron chi connectivity index (χ0n) is 8.11. The lowest BCUT2D eigenvalue weighted by molar-refractivity contribution is 0.375. The van der Waals surface area contributed by atoms with Gasteiger partial charge in [0.2, 0.25) is 0 Å². The topological polar surface area (TPSA) is 60.4 Å². The van der Waals surface area contributed by atoms with Gasteiger partial charge in [0, 0.05) is 18.6 Å². The van der Waals surface area contributed by atoms with E-state index in [1.54, 1.807) is 6.07 Å². The number of nitrogens with zero attached hydrogens (tertiary/aromatic N) is 1. The number of ether oxygens (including phenoxy) is 1. The molecule has 0 unspecified atom stereocenters. The quantitative estimate of drug-likeness (QED) is 0.531. The summed E-state index contributed by atoms with van der Waals surface area (Å²) in [7, 11) is 3.38. The highest BCUT2D eigenvalue weighted by Gasteiger charge is 2.12. The third-order valence-electron chi connectivity index (χ3n) is 2.35. The molecule has 74 valence electrons. The van der Waals surface area contributed by atoms with Gasteiger partial charge in [0.15, 0.2) is 11.5 Å². The van der Waals surface area contributed by atoms with E-state index < -0.39 is 0 Å². The molecule has 1 aromatic carbocycles. The summed E-state index contributed by atoms with van der Waals surface area (Å²) < 4.78 is 6.87. The van der Waals surface area contributed by atoms with E-state index in [4.69, 9.17) is 10.5 Å². The number of rotatable bonds is 1. The lowest BCUT2D eigenvalue weighted by atomic mass is 10.2. The van der Waals surface area contributed by atoms with Crippen molar-refractivity contribution in [3.05, 3.63) is 18.3 Å². The predicted octanol–water partition coefficient (Wildman–Crippen LogP) is 1.47. The summed E-state index contributed by atoms with van der Waals surface area (Å²) in [5, 5.41) is 10.6. The van der Waals surface area contributed by atoms with Crippen molar-refractivity contribution in [2.45, 2.75) is 0 Å². The molecule has 14 heavy (non-hydrogen) atoms. The fourth-order valence-corrected chi connectivity index (χ4v) is 1.62. The van der Waals surface area contributed by atoms with Crippen molar-refractivity contribution >= 4 is 16.6 Å². The summed E-state index contributed by atoms with van der Waals surface area (Å²) in [6.07, 6.45) is 1.89. The number of aromatic nitrogens is 1. The van der Waals surface area contributed by atoms with E-state index in [-0.39, 0.29) is 5.75 Å². The number of aromatic hydroxyl groups is 1. The average molecular weight is 192 g/mol. The Kier molecular flexibility index (Phi) is 1.77. The van der Waals surface area contributed by atoms with E-state index in [0.717, 1.165) is 10.9 Å². The zero-order valence-corrected chi connectivity index (χ0v) is 8.11. The van der Waals surface area contributed by atoms with Crippen LogP contribution in [0.2, 0.25) is 0 Å². The van der Waals surface area contributed by atoms with Gasteiger partial charge in [-0.25, -0.2) is 0 Å². The Hall–Kier alpha value is -1.84. The van der Waals surface area contributed by atoms with Crippen LogP contribution in [0.3, 0.4) is 0 Å². The van der Waals surface area contributed by atoms with Crippen molar-refractivity contribution in [1.29, 1.82) is 0 Å². The molecule has 0 atom stereocenters. The maximum Gasteiger partial charge on any atom is 0.183 e. The molecule has 3 N–H and O–H groups in total. The van der Waals surface area contributed by atoms with Crippen molar-refractivity contribution in [2.75, 3.05) is 12.8 Å². The second-order valence-electron chi connectivity index (χ2n) is 3.21. The van der Waals surface area contributed by atoms with Crippen molar-refractivity contribution in [3.8, 4) is 11.5 Å². The number of hydrogen-bond donors (Lipinski definition) is 2. The van der Waals surface area contributed by atoms with Gasteiger partial charge in [0.1, 0.15) is 5.69 Å². The highest BCUT2D eigenvalue weighted by Crippen LogP contribution is 2.38. The van der Waals surface area contributed by atoms with Crippen molar-refractivity contribution in [2.24, 2.45) is 7.05 Å². The summed E-state index contributed by atoms with van der Waals surface area (Å²) in [6, 6.07) is 3.69. The van der Waals surface area contributed by atoms with Crippen LogP contribution in [-0.4, -0.2) is 16.8 Å². The molecule has 2 rings (SSSR count). The van der Waals surface area contributed by atoms with Crippen molar-refractivity contribution in [3.63, 3.8) is 0 Å². The summed E-state index contributed by atoms with van der Waals surface area (Å²) in [6.45, 7) is 0. The Morgan fingerprint density at radius 2 is 2.21 bits per heavy atom. The molecule has 0 amide bonds. The van der Waals surface area contributed by atoms with Gasteiger partial charge in [-0.15, -0.1) is 0 Å². The van der Waals surface area contributed by atoms with Crippen LogP contribution >= 0.6 is 0 Å². The molecule has 0 fully saturated rings. The van der Waals surface area contributed by atoms with Gasteiger partial charge >= 0.3 is 0 Å². The molecule has 0 radical (unpaired) electrons. The summed E-state index contributed by atoms with van der Waals surface area (Å²) >= 11 is 0. The summed E-state index contributed by atoms with van der Waals surface area (Å²) in [4.78, 5) is 0. The molecule has 0 aliphatic carbocycles. The molecule has 1 aromatic heterocycles. The molecule has 4 heteroatoms. The highest BCUT2D eigenvalue weighted by atomic mass is 16.5. The lowest BCUT2D eigenvalue weighted by Gasteiger charge is -2.08. The maximum atomic E-state index is 9.68. The van der Waals surface area contributed by atoms with Gasteiger partial charge in [-0.2, -0.15) is 0 Å². The van der Waals surface area contributed by atoms with E-state index in [0.29, 0.717) is 11.4 Å². The standard InChI is InChI=1S/C10H12N2O2/c1-12-4-3-6-5-7(14-2)10(13)8(11)9(6)12/h3-5,13H,11H2,1-2H3. The van der Waals surface area contributed by atoms with Crippen LogP contribution in [-0.2, 0) is 7.05 Å². The second kappa shape index (κ2) is 2.83. The van der Waals surface area contributed by atoms with Gasteiger partial charge in [-0.05, 0) is 12.1 Å². The monoisotopic (exact) mass is 192 g/mol.